The van der Waals surface area contributed by atoms with E-state index in [-0.39, 0.29) is 11.9 Å². The molecule has 0 saturated heterocycles. The molecule has 1 aromatic carbocycles. The van der Waals surface area contributed by atoms with Gasteiger partial charge in [-0.15, -0.1) is 6.58 Å². The second kappa shape index (κ2) is 4.62. The summed E-state index contributed by atoms with van der Waals surface area (Å²) in [7, 11) is 0. The van der Waals surface area contributed by atoms with Gasteiger partial charge in [-0.25, -0.2) is 0 Å². The lowest BCUT2D eigenvalue weighted by Crippen LogP contribution is -2.38. The van der Waals surface area contributed by atoms with Crippen LogP contribution in [0.3, 0.4) is 0 Å². The van der Waals surface area contributed by atoms with Crippen LogP contribution in [0.2, 0.25) is 0 Å². The zero-order chi connectivity index (χ0) is 12.4. The third-order valence-corrected chi connectivity index (χ3v) is 2.86. The molecule has 0 bridgehead atoms. The molecule has 90 valence electrons. The van der Waals surface area contributed by atoms with Gasteiger partial charge in [0.15, 0.2) is 5.78 Å². The predicted molar refractivity (Wildman–Crippen MR) is 68.9 cm³/mol. The first-order chi connectivity index (χ1) is 8.11. The monoisotopic (exact) mass is 231 g/mol. The van der Waals surface area contributed by atoms with Gasteiger partial charge in [-0.05, 0) is 32.0 Å². The summed E-state index contributed by atoms with van der Waals surface area (Å²) in [6.45, 7) is 8.96. The molecule has 0 amide bonds. The summed E-state index contributed by atoms with van der Waals surface area (Å²) in [4.78, 5) is 13.6. The molecule has 0 aromatic heterocycles. The maximum Gasteiger partial charge on any atom is 0.159 e. The summed E-state index contributed by atoms with van der Waals surface area (Å²) < 4.78 is 5.76. The van der Waals surface area contributed by atoms with Crippen LogP contribution in [0, 0.1) is 0 Å². The lowest BCUT2D eigenvalue weighted by atomic mass is 10.1. The van der Waals surface area contributed by atoms with Crippen molar-refractivity contribution in [2.75, 3.05) is 18.0 Å². The van der Waals surface area contributed by atoms with Gasteiger partial charge in [0.05, 0.1) is 12.2 Å². The highest BCUT2D eigenvalue weighted by Gasteiger charge is 2.22. The quantitative estimate of drug-likeness (QED) is 0.591. The molecule has 3 nitrogen and oxygen atoms in total. The summed E-state index contributed by atoms with van der Waals surface area (Å²) >= 11 is 0. The predicted octanol–water partition coefficient (Wildman–Crippen LogP) is 2.66. The second-order valence-electron chi connectivity index (χ2n) is 4.36. The minimum atomic E-state index is 0.0741. The zero-order valence-corrected chi connectivity index (χ0v) is 10.3. The summed E-state index contributed by atoms with van der Waals surface area (Å²) in [6, 6.07) is 5.58. The van der Waals surface area contributed by atoms with Crippen LogP contribution in [-0.4, -0.2) is 25.0 Å². The van der Waals surface area contributed by atoms with Crippen molar-refractivity contribution < 1.29 is 9.53 Å². The van der Waals surface area contributed by atoms with Crippen molar-refractivity contribution in [2.24, 2.45) is 0 Å². The Balaban J connectivity index is 2.41. The summed E-state index contributed by atoms with van der Waals surface area (Å²) in [5.41, 5.74) is 1.70. The van der Waals surface area contributed by atoms with Gasteiger partial charge >= 0.3 is 0 Å². The first kappa shape index (κ1) is 11.7. The summed E-state index contributed by atoms with van der Waals surface area (Å²) in [5.74, 6) is 0.917. The molecule has 17 heavy (non-hydrogen) atoms. The number of Topliss-reactive ketones (excluding diaryl/α,β-unsaturated/α-hetero) is 1. The average molecular weight is 231 g/mol. The molecule has 1 aromatic rings. The number of nitrogens with zero attached hydrogens (tertiary/aromatic N) is 1. The molecule has 1 heterocycles. The van der Waals surface area contributed by atoms with Gasteiger partial charge in [0, 0.05) is 12.1 Å². The number of carbonyl (C=O) groups is 1. The number of hydrogen-bond acceptors (Lipinski definition) is 3. The van der Waals surface area contributed by atoms with E-state index >= 15 is 0 Å². The molecule has 0 radical (unpaired) electrons. The number of benzene rings is 1. The Bertz CT molecular complexity index is 454. The normalized spacial score (nSPS) is 18.2. The third kappa shape index (κ3) is 2.33. The molecule has 1 unspecified atom stereocenters. The fraction of sp³-hybridized carbons (Fsp3) is 0.357. The number of carbonyl (C=O) groups excluding carboxylic acids is 1. The van der Waals surface area contributed by atoms with Crippen molar-refractivity contribution in [3.63, 3.8) is 0 Å². The van der Waals surface area contributed by atoms with E-state index in [1.807, 2.05) is 31.2 Å². The van der Waals surface area contributed by atoms with Crippen molar-refractivity contribution in [1.82, 2.24) is 0 Å². The van der Waals surface area contributed by atoms with Crippen molar-refractivity contribution in [1.29, 1.82) is 0 Å². The van der Waals surface area contributed by atoms with Crippen molar-refractivity contribution in [2.45, 2.75) is 20.0 Å². The van der Waals surface area contributed by atoms with E-state index in [1.54, 1.807) is 6.92 Å². The van der Waals surface area contributed by atoms with Crippen LogP contribution in [0.4, 0.5) is 5.69 Å². The lowest BCUT2D eigenvalue weighted by molar-refractivity contribution is 0.101. The number of ketones is 1. The standard InChI is InChI=1S/C14H17NO2/c1-4-7-15-9-10(2)17-14-6-5-12(11(3)16)8-13(14)15/h4-6,8,10H,1,7,9H2,2-3H3. The van der Waals surface area contributed by atoms with Gasteiger partial charge in [0.2, 0.25) is 0 Å². The Morgan fingerprint density at radius 3 is 3.06 bits per heavy atom. The fourth-order valence-electron chi connectivity index (χ4n) is 2.07. The van der Waals surface area contributed by atoms with E-state index in [2.05, 4.69) is 11.5 Å². The Morgan fingerprint density at radius 1 is 1.65 bits per heavy atom. The number of ether oxygens (including phenoxy) is 1. The smallest absolute Gasteiger partial charge is 0.159 e. The van der Waals surface area contributed by atoms with Crippen molar-refractivity contribution in [3.8, 4) is 5.75 Å². The molecule has 0 fully saturated rings. The SMILES string of the molecule is C=CCN1CC(C)Oc2ccc(C(C)=O)cc21. The molecule has 0 N–H and O–H groups in total. The van der Waals surface area contributed by atoms with Gasteiger partial charge in [-0.2, -0.15) is 0 Å². The second-order valence-corrected chi connectivity index (χ2v) is 4.36. The Hall–Kier alpha value is -1.77. The Kier molecular flexibility index (Phi) is 3.18. The lowest BCUT2D eigenvalue weighted by Gasteiger charge is -2.34. The molecule has 2 rings (SSSR count). The van der Waals surface area contributed by atoms with Crippen molar-refractivity contribution in [3.05, 3.63) is 36.4 Å². The number of anilines is 1. The van der Waals surface area contributed by atoms with Crippen molar-refractivity contribution >= 4 is 11.5 Å². The minimum Gasteiger partial charge on any atom is -0.487 e. The van der Waals surface area contributed by atoms with Crippen LogP contribution in [0.25, 0.3) is 0 Å². The molecule has 1 aliphatic rings. The van der Waals surface area contributed by atoms with Crippen LogP contribution >= 0.6 is 0 Å². The largest absolute Gasteiger partial charge is 0.487 e. The summed E-state index contributed by atoms with van der Waals surface area (Å²) in [5, 5.41) is 0. The number of hydrogen-bond donors (Lipinski definition) is 0. The fourth-order valence-corrected chi connectivity index (χ4v) is 2.07. The number of fused-ring (bicyclic) bond motifs is 1. The van der Waals surface area contributed by atoms with E-state index < -0.39 is 0 Å². The maximum atomic E-state index is 11.4. The van der Waals surface area contributed by atoms with Crippen LogP contribution in [-0.2, 0) is 0 Å². The highest BCUT2D eigenvalue weighted by atomic mass is 16.5. The van der Waals surface area contributed by atoms with Gasteiger partial charge in [0.25, 0.3) is 0 Å². The molecule has 3 heteroatoms. The van der Waals surface area contributed by atoms with Gasteiger partial charge in [0.1, 0.15) is 11.9 Å². The van der Waals surface area contributed by atoms with Crippen LogP contribution in [0.15, 0.2) is 30.9 Å². The molecular formula is C14H17NO2. The third-order valence-electron chi connectivity index (χ3n) is 2.86. The molecular weight excluding hydrogens is 214 g/mol. The number of rotatable bonds is 3. The minimum absolute atomic E-state index is 0.0741. The topological polar surface area (TPSA) is 29.5 Å². The molecule has 0 aliphatic carbocycles. The highest BCUT2D eigenvalue weighted by molar-refractivity contribution is 5.95. The van der Waals surface area contributed by atoms with E-state index in [0.29, 0.717) is 0 Å². The molecule has 0 spiro atoms. The molecule has 1 atom stereocenters. The van der Waals surface area contributed by atoms with Crippen LogP contribution in [0.1, 0.15) is 24.2 Å². The van der Waals surface area contributed by atoms with Gasteiger partial charge < -0.3 is 9.64 Å². The first-order valence-corrected chi connectivity index (χ1v) is 5.79. The van der Waals surface area contributed by atoms with Crippen LogP contribution < -0.4 is 9.64 Å². The Morgan fingerprint density at radius 2 is 2.41 bits per heavy atom. The van der Waals surface area contributed by atoms with E-state index in [9.17, 15) is 4.79 Å². The van der Waals surface area contributed by atoms with Crippen LogP contribution in [0.5, 0.6) is 5.75 Å². The Labute approximate surface area is 102 Å². The molecule has 1 aliphatic heterocycles. The first-order valence-electron chi connectivity index (χ1n) is 5.79. The van der Waals surface area contributed by atoms with Gasteiger partial charge in [-0.3, -0.25) is 4.79 Å². The van der Waals surface area contributed by atoms with E-state index in [1.165, 1.54) is 0 Å². The van der Waals surface area contributed by atoms with E-state index in [4.69, 9.17) is 4.74 Å². The van der Waals surface area contributed by atoms with E-state index in [0.717, 1.165) is 30.1 Å². The average Bonchev–Trinajstić information content (AvgIpc) is 2.28. The van der Waals surface area contributed by atoms with Gasteiger partial charge in [-0.1, -0.05) is 6.08 Å². The molecule has 0 saturated carbocycles. The summed E-state index contributed by atoms with van der Waals surface area (Å²) in [6.07, 6.45) is 2.02. The maximum absolute atomic E-state index is 11.4. The zero-order valence-electron chi connectivity index (χ0n) is 10.3. The highest BCUT2D eigenvalue weighted by Crippen LogP contribution is 2.34.